The van der Waals surface area contributed by atoms with Crippen molar-refractivity contribution in [1.29, 1.82) is 0 Å². The molecule has 1 aliphatic carbocycles. The number of allylic oxidation sites excluding steroid dienone is 2. The van der Waals surface area contributed by atoms with Crippen LogP contribution in [0.5, 0.6) is 0 Å². The number of hydrogen-bond acceptors (Lipinski definition) is 2. The summed E-state index contributed by atoms with van der Waals surface area (Å²) in [6.45, 7) is 5.95. The molecule has 0 spiro atoms. The minimum absolute atomic E-state index is 0.0167. The van der Waals surface area contributed by atoms with Gasteiger partial charge in [0.2, 0.25) is 0 Å². The van der Waals surface area contributed by atoms with Crippen LogP contribution in [0.4, 0.5) is 5.69 Å². The molecule has 34 heavy (non-hydrogen) atoms. The summed E-state index contributed by atoms with van der Waals surface area (Å²) in [5, 5.41) is 9.51. The quantitative estimate of drug-likeness (QED) is 0.330. The van der Waals surface area contributed by atoms with E-state index in [-0.39, 0.29) is 11.9 Å². The minimum Gasteiger partial charge on any atom is -0.378 e. The smallest absolute Gasteiger partial charge is 0.251 e. The molecule has 2 aliphatic rings. The molecule has 0 fully saturated rings. The molecule has 4 heteroatoms. The van der Waals surface area contributed by atoms with Crippen LogP contribution in [-0.2, 0) is 6.54 Å². The van der Waals surface area contributed by atoms with Crippen LogP contribution >= 0.6 is 0 Å². The number of rotatable bonds is 5. The maximum atomic E-state index is 12.6. The fourth-order valence-corrected chi connectivity index (χ4v) is 6.01. The number of carbonyl (C=O) groups is 1. The highest BCUT2D eigenvalue weighted by Gasteiger charge is 2.38. The average molecular weight is 450 g/mol. The molecule has 2 heterocycles. The highest BCUT2D eigenvalue weighted by Crippen LogP contribution is 2.50. The molecule has 2 N–H and O–H groups in total. The third kappa shape index (κ3) is 3.24. The monoisotopic (exact) mass is 449 g/mol. The number of benzene rings is 3. The van der Waals surface area contributed by atoms with Gasteiger partial charge in [-0.1, -0.05) is 43.3 Å². The van der Waals surface area contributed by atoms with Crippen LogP contribution in [0.2, 0.25) is 0 Å². The first-order valence-electron chi connectivity index (χ1n) is 12.6. The lowest BCUT2D eigenvalue weighted by molar-refractivity contribution is 0.0953. The lowest BCUT2D eigenvalue weighted by Gasteiger charge is -2.37. The second kappa shape index (κ2) is 8.35. The molecule has 1 amide bonds. The number of nitrogens with zero attached hydrogens (tertiary/aromatic N) is 1. The number of amides is 1. The van der Waals surface area contributed by atoms with Crippen LogP contribution in [-0.4, -0.2) is 17.0 Å². The first-order chi connectivity index (χ1) is 16.7. The van der Waals surface area contributed by atoms with E-state index in [1.54, 1.807) is 0 Å². The lowest BCUT2D eigenvalue weighted by atomic mass is 9.76. The van der Waals surface area contributed by atoms with E-state index in [0.717, 1.165) is 30.6 Å². The van der Waals surface area contributed by atoms with Crippen LogP contribution in [0.1, 0.15) is 60.1 Å². The van der Waals surface area contributed by atoms with E-state index in [0.29, 0.717) is 18.4 Å². The Bertz CT molecular complexity index is 1430. The van der Waals surface area contributed by atoms with Crippen molar-refractivity contribution < 1.29 is 4.79 Å². The highest BCUT2D eigenvalue weighted by atomic mass is 16.1. The molecule has 4 nitrogen and oxygen atoms in total. The normalized spacial score (nSPS) is 20.8. The second-order valence-electron chi connectivity index (χ2n) is 9.57. The van der Waals surface area contributed by atoms with E-state index in [4.69, 9.17) is 0 Å². The number of aromatic nitrogens is 1. The zero-order valence-corrected chi connectivity index (χ0v) is 19.8. The highest BCUT2D eigenvalue weighted by molar-refractivity contribution is 6.08. The number of hydrogen-bond donors (Lipinski definition) is 2. The molecule has 1 aromatic heterocycles. The third-order valence-corrected chi connectivity index (χ3v) is 7.63. The number of aryl methyl sites for hydroxylation is 1. The van der Waals surface area contributed by atoms with E-state index >= 15 is 0 Å². The zero-order chi connectivity index (χ0) is 23.2. The van der Waals surface area contributed by atoms with E-state index in [1.807, 2.05) is 6.07 Å². The first-order valence-corrected chi connectivity index (χ1v) is 12.6. The van der Waals surface area contributed by atoms with E-state index in [1.165, 1.54) is 32.9 Å². The Balaban J connectivity index is 1.40. The van der Waals surface area contributed by atoms with E-state index in [9.17, 15) is 4.79 Å². The second-order valence-corrected chi connectivity index (χ2v) is 9.57. The van der Waals surface area contributed by atoms with E-state index in [2.05, 4.69) is 95.8 Å². The largest absolute Gasteiger partial charge is 0.378 e. The molecule has 0 radical (unpaired) electrons. The van der Waals surface area contributed by atoms with Gasteiger partial charge in [0.25, 0.3) is 5.91 Å². The van der Waals surface area contributed by atoms with Crippen molar-refractivity contribution >= 4 is 33.4 Å². The van der Waals surface area contributed by atoms with Gasteiger partial charge in [-0.15, -0.1) is 0 Å². The maximum Gasteiger partial charge on any atom is 0.251 e. The van der Waals surface area contributed by atoms with Crippen molar-refractivity contribution in [3.05, 3.63) is 89.5 Å². The first kappa shape index (κ1) is 21.0. The Hall–Kier alpha value is -3.53. The Labute approximate surface area is 200 Å². The Kier molecular flexibility index (Phi) is 5.17. The summed E-state index contributed by atoms with van der Waals surface area (Å²) in [6.07, 6.45) is 6.63. The van der Waals surface area contributed by atoms with Crippen molar-refractivity contribution in [1.82, 2.24) is 9.88 Å². The third-order valence-electron chi connectivity index (χ3n) is 7.63. The molecular weight excluding hydrogens is 418 g/mol. The molecule has 3 atom stereocenters. The van der Waals surface area contributed by atoms with Crippen LogP contribution in [0, 0.1) is 5.92 Å². The topological polar surface area (TPSA) is 46.1 Å². The Morgan fingerprint density at radius 2 is 1.88 bits per heavy atom. The standard InChI is InChI=1S/C30H31N3O/c1-3-16-31-30(34)20-12-14-26-24(18-20)21-9-7-10-23(21)29(32-26)19-13-15-28-25(17-19)22-8-5-6-11-27(22)33(28)4-2/h5-9,11-15,17-18,21,23,29,32H,3-4,10,16H2,1-2H3,(H,31,34). The predicted octanol–water partition coefficient (Wildman–Crippen LogP) is 6.78. The Morgan fingerprint density at radius 1 is 1.03 bits per heavy atom. The van der Waals surface area contributed by atoms with Gasteiger partial charge in [-0.2, -0.15) is 0 Å². The van der Waals surface area contributed by atoms with Crippen LogP contribution in [0.25, 0.3) is 21.8 Å². The summed E-state index contributed by atoms with van der Waals surface area (Å²) in [7, 11) is 0. The SMILES string of the molecule is CCCNC(=O)c1ccc2c(c1)C1C=CCC1C(c1ccc3c(c1)c1ccccc1n3CC)N2. The molecule has 172 valence electrons. The van der Waals surface area contributed by atoms with Gasteiger partial charge in [-0.05, 0) is 73.2 Å². The van der Waals surface area contributed by atoms with Crippen LogP contribution in [0.3, 0.4) is 0 Å². The Morgan fingerprint density at radius 3 is 2.74 bits per heavy atom. The zero-order valence-electron chi connectivity index (χ0n) is 19.8. The van der Waals surface area contributed by atoms with Crippen molar-refractivity contribution in [2.24, 2.45) is 5.92 Å². The van der Waals surface area contributed by atoms with Gasteiger partial charge in [-0.25, -0.2) is 0 Å². The molecule has 3 unspecified atom stereocenters. The average Bonchev–Trinajstić information content (AvgIpc) is 3.49. The van der Waals surface area contributed by atoms with Gasteiger partial charge in [0.05, 0.1) is 6.04 Å². The number of para-hydroxylation sites is 1. The summed E-state index contributed by atoms with van der Waals surface area (Å²) in [6, 6.07) is 22.1. The number of fused-ring (bicyclic) bond motifs is 6. The fraction of sp³-hybridized carbons (Fsp3) is 0.300. The van der Waals surface area contributed by atoms with Gasteiger partial charge >= 0.3 is 0 Å². The van der Waals surface area contributed by atoms with Gasteiger partial charge < -0.3 is 15.2 Å². The number of anilines is 1. The number of nitrogens with one attached hydrogen (secondary N) is 2. The summed E-state index contributed by atoms with van der Waals surface area (Å²) < 4.78 is 2.41. The minimum atomic E-state index is 0.0167. The van der Waals surface area contributed by atoms with Crippen molar-refractivity contribution in [2.75, 3.05) is 11.9 Å². The molecule has 0 saturated carbocycles. The van der Waals surface area contributed by atoms with Gasteiger partial charge in [-0.3, -0.25) is 4.79 Å². The van der Waals surface area contributed by atoms with Gasteiger partial charge in [0.1, 0.15) is 0 Å². The molecule has 0 saturated heterocycles. The van der Waals surface area contributed by atoms with Crippen molar-refractivity contribution in [3.63, 3.8) is 0 Å². The van der Waals surface area contributed by atoms with Crippen LogP contribution in [0.15, 0.2) is 72.8 Å². The van der Waals surface area contributed by atoms with Crippen LogP contribution < -0.4 is 10.6 Å². The van der Waals surface area contributed by atoms with Crippen molar-refractivity contribution in [3.8, 4) is 0 Å². The van der Waals surface area contributed by atoms with Crippen molar-refractivity contribution in [2.45, 2.75) is 45.2 Å². The van der Waals surface area contributed by atoms with Gasteiger partial charge in [0.15, 0.2) is 0 Å². The van der Waals surface area contributed by atoms with Gasteiger partial charge in [0, 0.05) is 52.1 Å². The molecular formula is C30H31N3O. The molecule has 1 aliphatic heterocycles. The molecule has 3 aromatic carbocycles. The summed E-state index contributed by atoms with van der Waals surface area (Å²) in [4.78, 5) is 12.6. The summed E-state index contributed by atoms with van der Waals surface area (Å²) in [5.74, 6) is 0.786. The molecule has 0 bridgehead atoms. The lowest BCUT2D eigenvalue weighted by Crippen LogP contribution is -2.30. The van der Waals surface area contributed by atoms with E-state index < -0.39 is 0 Å². The predicted molar refractivity (Wildman–Crippen MR) is 141 cm³/mol. The molecule has 4 aromatic rings. The molecule has 6 rings (SSSR count). The fourth-order valence-electron chi connectivity index (χ4n) is 6.01. The maximum absolute atomic E-state index is 12.6. The summed E-state index contributed by atoms with van der Waals surface area (Å²) >= 11 is 0. The number of carbonyl (C=O) groups excluding carboxylic acids is 1. The summed E-state index contributed by atoms with van der Waals surface area (Å²) in [5.41, 5.74) is 7.06.